The molecule has 1 aromatic rings. The van der Waals surface area contributed by atoms with Crippen molar-refractivity contribution in [2.75, 3.05) is 14.2 Å². The predicted molar refractivity (Wildman–Crippen MR) is 58.3 cm³/mol. The van der Waals surface area contributed by atoms with E-state index in [1.807, 2.05) is 12.1 Å². The second-order valence-electron chi connectivity index (χ2n) is 4.81. The third-order valence-corrected chi connectivity index (χ3v) is 4.25. The lowest BCUT2D eigenvalue weighted by Crippen LogP contribution is -2.10. The van der Waals surface area contributed by atoms with Crippen LogP contribution in [0.3, 0.4) is 0 Å². The summed E-state index contributed by atoms with van der Waals surface area (Å²) in [5, 5.41) is 0. The highest BCUT2D eigenvalue weighted by atomic mass is 16.6. The quantitative estimate of drug-likeness (QED) is 0.712. The summed E-state index contributed by atoms with van der Waals surface area (Å²) >= 11 is 0. The minimum absolute atomic E-state index is 0.457. The first-order chi connectivity index (χ1) is 7.85. The second kappa shape index (κ2) is 2.72. The highest BCUT2D eigenvalue weighted by Gasteiger charge is 2.63. The molecule has 4 rings (SSSR count). The molecule has 1 heterocycles. The van der Waals surface area contributed by atoms with Crippen molar-refractivity contribution in [3.8, 4) is 11.5 Å². The van der Waals surface area contributed by atoms with E-state index in [0.29, 0.717) is 24.0 Å². The van der Waals surface area contributed by atoms with Gasteiger partial charge in [-0.15, -0.1) is 0 Å². The monoisotopic (exact) mass is 218 g/mol. The van der Waals surface area contributed by atoms with Gasteiger partial charge in [0.15, 0.2) is 0 Å². The Balaban J connectivity index is 1.96. The average molecular weight is 218 g/mol. The van der Waals surface area contributed by atoms with Crippen LogP contribution in [0.2, 0.25) is 0 Å². The first kappa shape index (κ1) is 8.88. The second-order valence-corrected chi connectivity index (χ2v) is 4.81. The number of hydrogen-bond acceptors (Lipinski definition) is 3. The van der Waals surface area contributed by atoms with Gasteiger partial charge in [-0.1, -0.05) is 0 Å². The molecule has 1 saturated carbocycles. The van der Waals surface area contributed by atoms with Crippen molar-refractivity contribution in [1.29, 1.82) is 0 Å². The molecule has 0 radical (unpaired) electrons. The zero-order valence-corrected chi connectivity index (χ0v) is 9.40. The average Bonchev–Trinajstić information content (AvgIpc) is 2.94. The Morgan fingerprint density at radius 3 is 1.94 bits per heavy atom. The first-order valence-electron chi connectivity index (χ1n) is 5.75. The highest BCUT2D eigenvalue weighted by Crippen LogP contribution is 2.66. The summed E-state index contributed by atoms with van der Waals surface area (Å²) in [7, 11) is 3.47. The van der Waals surface area contributed by atoms with Gasteiger partial charge in [-0.3, -0.25) is 0 Å². The van der Waals surface area contributed by atoms with E-state index in [-0.39, 0.29) is 0 Å². The van der Waals surface area contributed by atoms with Crippen LogP contribution in [0, 0.1) is 0 Å². The van der Waals surface area contributed by atoms with E-state index >= 15 is 0 Å². The van der Waals surface area contributed by atoms with E-state index in [0.717, 1.165) is 11.5 Å². The van der Waals surface area contributed by atoms with Crippen LogP contribution in [0.4, 0.5) is 0 Å². The smallest absolute Gasteiger partial charge is 0.122 e. The van der Waals surface area contributed by atoms with Gasteiger partial charge in [0.05, 0.1) is 26.4 Å². The third kappa shape index (κ3) is 0.846. The number of benzene rings is 1. The molecule has 0 unspecified atom stereocenters. The van der Waals surface area contributed by atoms with Crippen molar-refractivity contribution in [2.45, 2.75) is 30.5 Å². The molecule has 3 nitrogen and oxygen atoms in total. The zero-order chi connectivity index (χ0) is 10.9. The summed E-state index contributed by atoms with van der Waals surface area (Å²) in [6.07, 6.45) is 2.12. The maximum absolute atomic E-state index is 5.71. The molecule has 4 atom stereocenters. The van der Waals surface area contributed by atoms with Gasteiger partial charge in [0, 0.05) is 23.0 Å². The van der Waals surface area contributed by atoms with E-state index in [1.165, 1.54) is 17.5 Å². The number of rotatable bonds is 2. The van der Waals surface area contributed by atoms with Gasteiger partial charge in [-0.05, 0) is 18.6 Å². The van der Waals surface area contributed by atoms with Crippen molar-refractivity contribution in [2.24, 2.45) is 0 Å². The predicted octanol–water partition coefficient (Wildman–Crippen LogP) is 2.06. The zero-order valence-electron chi connectivity index (χ0n) is 9.40. The summed E-state index contributed by atoms with van der Waals surface area (Å²) in [5.41, 5.74) is 2.68. The Morgan fingerprint density at radius 2 is 1.50 bits per heavy atom. The summed E-state index contributed by atoms with van der Waals surface area (Å²) in [5.74, 6) is 3.07. The standard InChI is InChI=1S/C13H14O3/c1-14-8-3-4-9(15-2)11-7-5-6(10(8)11)12-13(7)16-12/h3-4,6-7,12-13H,5H2,1-2H3/t6-,7-,12+,13+/m1/s1. The molecule has 2 aliphatic carbocycles. The van der Waals surface area contributed by atoms with Crippen LogP contribution in [-0.4, -0.2) is 26.4 Å². The van der Waals surface area contributed by atoms with E-state index in [1.54, 1.807) is 14.2 Å². The Kier molecular flexibility index (Phi) is 1.51. The molecular formula is C13H14O3. The summed E-state index contributed by atoms with van der Waals surface area (Å²) < 4.78 is 16.6. The summed E-state index contributed by atoms with van der Waals surface area (Å²) in [6.45, 7) is 0. The van der Waals surface area contributed by atoms with Crippen molar-refractivity contribution in [3.05, 3.63) is 23.3 Å². The normalized spacial score (nSPS) is 36.9. The van der Waals surface area contributed by atoms with E-state index in [2.05, 4.69) is 0 Å². The van der Waals surface area contributed by atoms with Crippen LogP contribution in [-0.2, 0) is 4.74 Å². The highest BCUT2D eigenvalue weighted by molar-refractivity contribution is 5.60. The maximum atomic E-state index is 5.71. The molecule has 84 valence electrons. The topological polar surface area (TPSA) is 31.0 Å². The van der Waals surface area contributed by atoms with E-state index in [9.17, 15) is 0 Å². The molecule has 3 aliphatic rings. The fourth-order valence-corrected chi connectivity index (χ4v) is 3.61. The lowest BCUT2D eigenvalue weighted by molar-refractivity contribution is 0.294. The minimum atomic E-state index is 0.457. The van der Waals surface area contributed by atoms with Crippen LogP contribution < -0.4 is 9.47 Å². The van der Waals surface area contributed by atoms with Crippen molar-refractivity contribution in [3.63, 3.8) is 0 Å². The molecule has 1 aliphatic heterocycles. The van der Waals surface area contributed by atoms with Gasteiger partial charge in [-0.2, -0.15) is 0 Å². The number of fused-ring (bicyclic) bond motifs is 8. The Hall–Kier alpha value is -1.22. The number of ether oxygens (including phenoxy) is 3. The maximum Gasteiger partial charge on any atom is 0.122 e. The number of epoxide rings is 1. The molecule has 1 aromatic carbocycles. The lowest BCUT2D eigenvalue weighted by Gasteiger charge is -2.18. The fraction of sp³-hybridized carbons (Fsp3) is 0.538. The van der Waals surface area contributed by atoms with Gasteiger partial charge in [-0.25, -0.2) is 0 Å². The van der Waals surface area contributed by atoms with Gasteiger partial charge < -0.3 is 14.2 Å². The molecule has 2 fully saturated rings. The van der Waals surface area contributed by atoms with Crippen LogP contribution in [0.25, 0.3) is 0 Å². The Bertz CT molecular complexity index is 427. The van der Waals surface area contributed by atoms with Gasteiger partial charge in [0.2, 0.25) is 0 Å². The van der Waals surface area contributed by atoms with Gasteiger partial charge >= 0.3 is 0 Å². The molecule has 0 N–H and O–H groups in total. The number of hydrogen-bond donors (Lipinski definition) is 0. The molecule has 2 bridgehead atoms. The molecule has 0 amide bonds. The van der Waals surface area contributed by atoms with Crippen LogP contribution in [0.15, 0.2) is 12.1 Å². The third-order valence-electron chi connectivity index (χ3n) is 4.25. The molecular weight excluding hydrogens is 204 g/mol. The van der Waals surface area contributed by atoms with Crippen molar-refractivity contribution < 1.29 is 14.2 Å². The fourth-order valence-electron chi connectivity index (χ4n) is 3.61. The van der Waals surface area contributed by atoms with Gasteiger partial charge in [0.1, 0.15) is 11.5 Å². The molecule has 0 spiro atoms. The lowest BCUT2D eigenvalue weighted by atomic mass is 9.90. The van der Waals surface area contributed by atoms with Crippen molar-refractivity contribution in [1.82, 2.24) is 0 Å². The SMILES string of the molecule is COc1ccc(OC)c2c1[C@H]1C[C@H]2[C@@H]2O[C@H]21. The van der Waals surface area contributed by atoms with Gasteiger partial charge in [0.25, 0.3) is 0 Å². The molecule has 0 aromatic heterocycles. The van der Waals surface area contributed by atoms with E-state index in [4.69, 9.17) is 14.2 Å². The molecule has 16 heavy (non-hydrogen) atoms. The molecule has 3 heteroatoms. The van der Waals surface area contributed by atoms with Crippen LogP contribution in [0.1, 0.15) is 29.4 Å². The largest absolute Gasteiger partial charge is 0.496 e. The first-order valence-corrected chi connectivity index (χ1v) is 5.75. The van der Waals surface area contributed by atoms with Crippen LogP contribution in [0.5, 0.6) is 11.5 Å². The van der Waals surface area contributed by atoms with Crippen molar-refractivity contribution >= 4 is 0 Å². The Labute approximate surface area is 94.3 Å². The molecule has 1 saturated heterocycles. The van der Waals surface area contributed by atoms with E-state index < -0.39 is 0 Å². The van der Waals surface area contributed by atoms with Crippen LogP contribution >= 0.6 is 0 Å². The Morgan fingerprint density at radius 1 is 1.00 bits per heavy atom. The number of methoxy groups -OCH3 is 2. The minimum Gasteiger partial charge on any atom is -0.496 e. The summed E-state index contributed by atoms with van der Waals surface area (Å²) in [6, 6.07) is 4.02. The summed E-state index contributed by atoms with van der Waals surface area (Å²) in [4.78, 5) is 0.